The first-order chi connectivity index (χ1) is 34.9. The summed E-state index contributed by atoms with van der Waals surface area (Å²) in [5.41, 5.74) is 22.9. The zero-order chi connectivity index (χ0) is 49.8. The van der Waals surface area contributed by atoms with E-state index in [1.807, 2.05) is 24.3 Å². The summed E-state index contributed by atoms with van der Waals surface area (Å²) in [5.74, 6) is -0.999. The van der Waals surface area contributed by atoms with E-state index in [-0.39, 0.29) is 25.0 Å². The number of benzene rings is 6. The average Bonchev–Trinajstić information content (AvgIpc) is 4.23. The van der Waals surface area contributed by atoms with E-state index in [0.29, 0.717) is 22.4 Å². The van der Waals surface area contributed by atoms with Gasteiger partial charge in [-0.1, -0.05) is 125 Å². The van der Waals surface area contributed by atoms with E-state index in [4.69, 9.17) is 19.9 Å². The SMILES string of the molecule is Cc1ccc(N(c2ccc(C)cc2)c2c3nc(c(-c4c(C)cc(C)cc4C)c4ccc([n-]4)c(N(c4ccc(C)cc4)c4ccc(C)cc4)c4nc(c(-c5ccc(C(=O)O)cc5)c5ccc2[n-]5)C=C4)C=C3)cc1.[Zn+2]. The number of carbonyl (C=O) groups is 1. The monoisotopic (exact) mass is 1000 g/mol. The molecule has 0 amide bonds. The fraction of sp³-hybridized carbons (Fsp3) is 0.109. The molecule has 0 spiro atoms. The normalized spacial score (nSPS) is 11.7. The Labute approximate surface area is 438 Å². The van der Waals surface area contributed by atoms with Crippen molar-refractivity contribution in [1.29, 1.82) is 0 Å². The van der Waals surface area contributed by atoms with E-state index in [1.165, 1.54) is 5.56 Å². The fourth-order valence-corrected chi connectivity index (χ4v) is 10.0. The second-order valence-corrected chi connectivity index (χ2v) is 19.0. The number of carboxylic acids is 1. The van der Waals surface area contributed by atoms with Crippen molar-refractivity contribution in [3.05, 3.63) is 225 Å². The number of rotatable bonds is 9. The van der Waals surface area contributed by atoms with Crippen molar-refractivity contribution in [3.63, 3.8) is 0 Å². The molecule has 2 aliphatic heterocycles. The predicted molar refractivity (Wildman–Crippen MR) is 297 cm³/mol. The third kappa shape index (κ3) is 9.25. The molecule has 352 valence electrons. The van der Waals surface area contributed by atoms with Crippen LogP contribution in [0.2, 0.25) is 0 Å². The van der Waals surface area contributed by atoms with E-state index in [1.54, 1.807) is 12.1 Å². The summed E-state index contributed by atoms with van der Waals surface area (Å²) in [4.78, 5) is 39.1. The number of anilines is 6. The molecule has 0 saturated heterocycles. The molecule has 5 heterocycles. The first-order valence-electron chi connectivity index (χ1n) is 24.2. The molecule has 8 bridgehead atoms. The van der Waals surface area contributed by atoms with Gasteiger partial charge in [-0.15, -0.1) is 22.1 Å². The first kappa shape index (κ1) is 48.3. The quantitative estimate of drug-likeness (QED) is 0.143. The third-order valence-corrected chi connectivity index (χ3v) is 13.5. The number of fused-ring (bicyclic) bond motifs is 8. The molecule has 73 heavy (non-hydrogen) atoms. The van der Waals surface area contributed by atoms with Gasteiger partial charge in [-0.3, -0.25) is 0 Å². The summed E-state index contributed by atoms with van der Waals surface area (Å²) in [6.45, 7) is 14.9. The van der Waals surface area contributed by atoms with Crippen molar-refractivity contribution >= 4 is 86.5 Å². The van der Waals surface area contributed by atoms with Crippen molar-refractivity contribution in [3.8, 4) is 22.3 Å². The van der Waals surface area contributed by atoms with E-state index in [2.05, 4.69) is 204 Å². The summed E-state index contributed by atoms with van der Waals surface area (Å²) in [7, 11) is 0. The van der Waals surface area contributed by atoms with Gasteiger partial charge in [0.1, 0.15) is 0 Å². The van der Waals surface area contributed by atoms with Gasteiger partial charge >= 0.3 is 25.4 Å². The van der Waals surface area contributed by atoms with Gasteiger partial charge in [0, 0.05) is 22.7 Å². The van der Waals surface area contributed by atoms with Crippen LogP contribution in [0.3, 0.4) is 0 Å². The molecule has 0 fully saturated rings. The van der Waals surface area contributed by atoms with Gasteiger partial charge in [-0.05, 0) is 167 Å². The molecular formula is C64H52N6O2Zn. The molecule has 8 nitrogen and oxygen atoms in total. The standard InChI is InChI=1S/C64H53N6O2.Zn/c1-38-8-20-47(21-9-38)69(48-22-10-39(2)11-23-48)62-55-32-28-51(65-55)60(45-16-18-46(19-17-45)64(71)72)52-29-33-56(66-52)63(70(49-24-12-40(3)13-25-49)50-26-14-41(4)15-27-50)58-35-31-54(68-58)61(53-30-34-57(62)67-53)59-43(6)36-42(5)37-44(59)7;/h8-37H,1-7H3,(H2-,65,66,67,68,71,72);/q-1;+2/p-1. The van der Waals surface area contributed by atoms with E-state index in [9.17, 15) is 9.90 Å². The smallest absolute Gasteiger partial charge is 0.656 e. The van der Waals surface area contributed by atoms with Crippen molar-refractivity contribution in [2.45, 2.75) is 48.5 Å². The molecule has 11 rings (SSSR count). The van der Waals surface area contributed by atoms with Crippen LogP contribution < -0.4 is 19.8 Å². The number of aromatic nitrogens is 4. The van der Waals surface area contributed by atoms with Crippen LogP contribution in [0.25, 0.3) is 68.6 Å². The Hall–Kier alpha value is -8.39. The molecule has 0 atom stereocenters. The van der Waals surface area contributed by atoms with Gasteiger partial charge in [-0.2, -0.15) is 0 Å². The number of aryl methyl sites for hydroxylation is 7. The van der Waals surface area contributed by atoms with Crippen LogP contribution in [0.15, 0.2) is 158 Å². The maximum atomic E-state index is 12.2. The maximum absolute atomic E-state index is 12.2. The fourth-order valence-electron chi connectivity index (χ4n) is 10.0. The number of carboxylic acid groups (broad SMARTS) is 1. The van der Waals surface area contributed by atoms with E-state index in [0.717, 1.165) is 112 Å². The van der Waals surface area contributed by atoms with Crippen LogP contribution in [0, 0.1) is 48.5 Å². The van der Waals surface area contributed by atoms with Crippen LogP contribution in [-0.2, 0) is 19.5 Å². The van der Waals surface area contributed by atoms with Crippen molar-refractivity contribution in [2.24, 2.45) is 0 Å². The zero-order valence-electron chi connectivity index (χ0n) is 42.1. The van der Waals surface area contributed by atoms with Crippen LogP contribution in [0.1, 0.15) is 72.1 Å². The topological polar surface area (TPSA) is 97.8 Å². The van der Waals surface area contributed by atoms with Crippen LogP contribution >= 0.6 is 0 Å². The first-order valence-corrected chi connectivity index (χ1v) is 24.2. The Balaban J connectivity index is 0.00000611. The Bertz CT molecular complexity index is 3620. The van der Waals surface area contributed by atoms with Crippen LogP contribution in [-0.4, -0.2) is 21.0 Å². The van der Waals surface area contributed by atoms with Gasteiger partial charge < -0.3 is 24.9 Å². The van der Waals surface area contributed by atoms with Gasteiger partial charge in [0.25, 0.3) is 0 Å². The molecule has 0 unspecified atom stereocenters. The molecule has 0 aliphatic carbocycles. The number of hydrogen-bond donors (Lipinski definition) is 1. The minimum Gasteiger partial charge on any atom is -0.656 e. The van der Waals surface area contributed by atoms with Crippen molar-refractivity contribution in [2.75, 3.05) is 9.80 Å². The molecule has 0 saturated carbocycles. The molecule has 9 aromatic rings. The molecule has 9 heteroatoms. The van der Waals surface area contributed by atoms with Crippen LogP contribution in [0.5, 0.6) is 0 Å². The Kier molecular flexibility index (Phi) is 13.0. The summed E-state index contributed by atoms with van der Waals surface area (Å²) in [5, 5.41) is 9.98. The molecular weight excluding hydrogens is 950 g/mol. The minimum absolute atomic E-state index is 0. The van der Waals surface area contributed by atoms with E-state index >= 15 is 0 Å². The molecule has 6 aromatic carbocycles. The number of hydrogen-bond acceptors (Lipinski definition) is 5. The summed E-state index contributed by atoms with van der Waals surface area (Å²) in [6.07, 6.45) is 8.30. The second kappa shape index (κ2) is 19.7. The van der Waals surface area contributed by atoms with Gasteiger partial charge in [0.2, 0.25) is 0 Å². The molecule has 2 aliphatic rings. The van der Waals surface area contributed by atoms with Gasteiger partial charge in [0.15, 0.2) is 0 Å². The van der Waals surface area contributed by atoms with Crippen molar-refractivity contribution < 1.29 is 29.4 Å². The van der Waals surface area contributed by atoms with Crippen molar-refractivity contribution in [1.82, 2.24) is 19.9 Å². The van der Waals surface area contributed by atoms with E-state index < -0.39 is 5.97 Å². The summed E-state index contributed by atoms with van der Waals surface area (Å²) < 4.78 is 0. The van der Waals surface area contributed by atoms with Gasteiger partial charge in [0.05, 0.1) is 39.7 Å². The average molecular weight is 1000 g/mol. The maximum Gasteiger partial charge on any atom is 2.00 e. The second-order valence-electron chi connectivity index (χ2n) is 19.0. The number of nitrogens with zero attached hydrogens (tertiary/aromatic N) is 6. The Morgan fingerprint density at radius 1 is 0.397 bits per heavy atom. The van der Waals surface area contributed by atoms with Gasteiger partial charge in [-0.25, -0.2) is 14.8 Å². The Morgan fingerprint density at radius 2 is 0.740 bits per heavy atom. The molecule has 3 aromatic heterocycles. The Morgan fingerprint density at radius 3 is 1.12 bits per heavy atom. The zero-order valence-corrected chi connectivity index (χ0v) is 45.0. The van der Waals surface area contributed by atoms with Crippen LogP contribution in [0.4, 0.5) is 34.1 Å². The number of aromatic carboxylic acids is 1. The largest absolute Gasteiger partial charge is 2.00 e. The summed E-state index contributed by atoms with van der Waals surface area (Å²) >= 11 is 0. The third-order valence-electron chi connectivity index (χ3n) is 13.5. The minimum atomic E-state index is -0.999. The molecule has 1 N–H and O–H groups in total. The molecule has 0 radical (unpaired) electrons. The summed E-state index contributed by atoms with van der Waals surface area (Å²) in [6, 6.07) is 53.9. The predicted octanol–water partition coefficient (Wildman–Crippen LogP) is 16.0.